The monoisotopic (exact) mass is 288 g/mol. The molecule has 2 rings (SSSR count). The topological polar surface area (TPSA) is 54.1 Å². The standard InChI is InChI=1S/C17H28N4/c18-11-13-20(16-7-3-1-4-8-16)15-21(14-12-19)17-9-5-2-6-10-17/h16-17H,1-10,13-15H2. The van der Waals surface area contributed by atoms with Gasteiger partial charge in [0.15, 0.2) is 0 Å². The van der Waals surface area contributed by atoms with Crippen LogP contribution in [0.2, 0.25) is 0 Å². The van der Waals surface area contributed by atoms with Crippen molar-refractivity contribution in [2.24, 2.45) is 0 Å². The zero-order valence-electron chi connectivity index (χ0n) is 13.1. The number of hydrogen-bond acceptors (Lipinski definition) is 4. The van der Waals surface area contributed by atoms with Gasteiger partial charge in [0, 0.05) is 12.1 Å². The summed E-state index contributed by atoms with van der Waals surface area (Å²) in [4.78, 5) is 4.65. The Morgan fingerprint density at radius 3 is 1.38 bits per heavy atom. The molecule has 0 aromatic rings. The van der Waals surface area contributed by atoms with Gasteiger partial charge in [0.1, 0.15) is 0 Å². The van der Waals surface area contributed by atoms with Crippen LogP contribution in [0.5, 0.6) is 0 Å². The van der Waals surface area contributed by atoms with E-state index in [4.69, 9.17) is 10.5 Å². The van der Waals surface area contributed by atoms with Gasteiger partial charge in [-0.1, -0.05) is 38.5 Å². The van der Waals surface area contributed by atoms with Crippen LogP contribution in [0.4, 0.5) is 0 Å². The maximum atomic E-state index is 9.15. The van der Waals surface area contributed by atoms with Crippen molar-refractivity contribution in [3.05, 3.63) is 0 Å². The van der Waals surface area contributed by atoms with Crippen molar-refractivity contribution in [2.75, 3.05) is 19.8 Å². The number of hydrogen-bond donors (Lipinski definition) is 0. The van der Waals surface area contributed by atoms with E-state index in [1.54, 1.807) is 0 Å². The van der Waals surface area contributed by atoms with E-state index in [1.807, 2.05) is 0 Å². The summed E-state index contributed by atoms with van der Waals surface area (Å²) >= 11 is 0. The van der Waals surface area contributed by atoms with Gasteiger partial charge >= 0.3 is 0 Å². The molecule has 0 saturated heterocycles. The molecule has 0 unspecified atom stereocenters. The van der Waals surface area contributed by atoms with E-state index in [0.29, 0.717) is 25.2 Å². The van der Waals surface area contributed by atoms with Gasteiger partial charge in [0.25, 0.3) is 0 Å². The second-order valence-corrected chi connectivity index (χ2v) is 6.54. The summed E-state index contributed by atoms with van der Waals surface area (Å²) in [5, 5.41) is 18.3. The summed E-state index contributed by atoms with van der Waals surface area (Å²) in [6.45, 7) is 1.80. The fourth-order valence-electron chi connectivity index (χ4n) is 3.90. The lowest BCUT2D eigenvalue weighted by atomic mass is 9.93. The third kappa shape index (κ3) is 4.99. The summed E-state index contributed by atoms with van der Waals surface area (Å²) in [5.74, 6) is 0. The molecular formula is C17H28N4. The molecule has 4 heteroatoms. The van der Waals surface area contributed by atoms with Crippen LogP contribution in [-0.2, 0) is 0 Å². The van der Waals surface area contributed by atoms with Crippen LogP contribution in [0, 0.1) is 22.7 Å². The normalized spacial score (nSPS) is 21.3. The largest absolute Gasteiger partial charge is 0.274 e. The molecular weight excluding hydrogens is 260 g/mol. The van der Waals surface area contributed by atoms with Gasteiger partial charge in [-0.25, -0.2) is 0 Å². The highest BCUT2D eigenvalue weighted by Gasteiger charge is 2.26. The molecule has 0 aromatic heterocycles. The minimum atomic E-state index is 0.499. The minimum absolute atomic E-state index is 0.499. The number of nitrogens with zero attached hydrogens (tertiary/aromatic N) is 4. The Kier molecular flexibility index (Phi) is 7.00. The molecule has 0 N–H and O–H groups in total. The molecule has 2 saturated carbocycles. The van der Waals surface area contributed by atoms with Crippen LogP contribution < -0.4 is 0 Å². The zero-order chi connectivity index (χ0) is 14.9. The molecule has 21 heavy (non-hydrogen) atoms. The van der Waals surface area contributed by atoms with Crippen molar-refractivity contribution >= 4 is 0 Å². The van der Waals surface area contributed by atoms with Gasteiger partial charge in [0.05, 0.1) is 31.9 Å². The Bertz CT molecular complexity index is 333. The maximum Gasteiger partial charge on any atom is 0.0878 e. The van der Waals surface area contributed by atoms with Gasteiger partial charge in [0.2, 0.25) is 0 Å². The van der Waals surface area contributed by atoms with Crippen molar-refractivity contribution in [2.45, 2.75) is 76.3 Å². The fourth-order valence-corrected chi connectivity index (χ4v) is 3.90. The summed E-state index contributed by atoms with van der Waals surface area (Å²) in [5.41, 5.74) is 0. The van der Waals surface area contributed by atoms with Crippen LogP contribution in [0.15, 0.2) is 0 Å². The summed E-state index contributed by atoms with van der Waals surface area (Å²) in [6.07, 6.45) is 12.7. The van der Waals surface area contributed by atoms with Crippen LogP contribution in [0.3, 0.4) is 0 Å². The van der Waals surface area contributed by atoms with E-state index in [-0.39, 0.29) is 0 Å². The van der Waals surface area contributed by atoms with Gasteiger partial charge in [-0.05, 0) is 25.7 Å². The highest BCUT2D eigenvalue weighted by atomic mass is 15.3. The van der Waals surface area contributed by atoms with Crippen molar-refractivity contribution < 1.29 is 0 Å². The lowest BCUT2D eigenvalue weighted by Gasteiger charge is -2.39. The van der Waals surface area contributed by atoms with Gasteiger partial charge in [-0.15, -0.1) is 0 Å². The van der Waals surface area contributed by atoms with Gasteiger partial charge in [-0.3, -0.25) is 9.80 Å². The van der Waals surface area contributed by atoms with E-state index >= 15 is 0 Å². The van der Waals surface area contributed by atoms with E-state index < -0.39 is 0 Å². The maximum absolute atomic E-state index is 9.15. The molecule has 2 aliphatic carbocycles. The average molecular weight is 288 g/mol. The minimum Gasteiger partial charge on any atom is -0.274 e. The van der Waals surface area contributed by atoms with E-state index in [0.717, 1.165) is 6.67 Å². The average Bonchev–Trinajstić information content (AvgIpc) is 2.55. The molecule has 0 aliphatic heterocycles. The molecule has 116 valence electrons. The van der Waals surface area contributed by atoms with Crippen LogP contribution in [0.25, 0.3) is 0 Å². The third-order valence-electron chi connectivity index (χ3n) is 5.09. The first-order valence-electron chi connectivity index (χ1n) is 8.57. The SMILES string of the molecule is N#CCN(CN(CC#N)C1CCCCC1)C1CCCCC1. The zero-order valence-corrected chi connectivity index (χ0v) is 13.1. The molecule has 0 amide bonds. The van der Waals surface area contributed by atoms with Crippen LogP contribution >= 0.6 is 0 Å². The molecule has 2 aliphatic rings. The highest BCUT2D eigenvalue weighted by molar-refractivity contribution is 4.88. The Hall–Kier alpha value is -1.10. The molecule has 0 spiro atoms. The fraction of sp³-hybridized carbons (Fsp3) is 0.882. The molecule has 0 atom stereocenters. The molecule has 0 aromatic carbocycles. The van der Waals surface area contributed by atoms with E-state index in [2.05, 4.69) is 21.9 Å². The second-order valence-electron chi connectivity index (χ2n) is 6.54. The quantitative estimate of drug-likeness (QED) is 0.556. The van der Waals surface area contributed by atoms with Gasteiger partial charge < -0.3 is 0 Å². The Morgan fingerprint density at radius 1 is 0.667 bits per heavy atom. The first-order chi connectivity index (χ1) is 10.3. The Balaban J connectivity index is 1.96. The van der Waals surface area contributed by atoms with Crippen molar-refractivity contribution in [1.82, 2.24) is 9.80 Å². The van der Waals surface area contributed by atoms with Crippen LogP contribution in [-0.4, -0.2) is 41.6 Å². The van der Waals surface area contributed by atoms with E-state index in [1.165, 1.54) is 64.2 Å². The lowest BCUT2D eigenvalue weighted by Crippen LogP contribution is -2.49. The molecule has 4 nitrogen and oxygen atoms in total. The number of nitriles is 2. The molecule has 0 bridgehead atoms. The smallest absolute Gasteiger partial charge is 0.0878 e. The second kappa shape index (κ2) is 9.03. The van der Waals surface area contributed by atoms with Crippen molar-refractivity contribution in [3.63, 3.8) is 0 Å². The summed E-state index contributed by atoms with van der Waals surface area (Å²) < 4.78 is 0. The third-order valence-corrected chi connectivity index (χ3v) is 5.09. The molecule has 0 radical (unpaired) electrons. The van der Waals surface area contributed by atoms with E-state index in [9.17, 15) is 0 Å². The summed E-state index contributed by atoms with van der Waals surface area (Å²) in [6, 6.07) is 5.75. The van der Waals surface area contributed by atoms with Crippen LogP contribution in [0.1, 0.15) is 64.2 Å². The lowest BCUT2D eigenvalue weighted by molar-refractivity contribution is 0.0560. The molecule has 2 fully saturated rings. The predicted octanol–water partition coefficient (Wildman–Crippen LogP) is 3.26. The van der Waals surface area contributed by atoms with Gasteiger partial charge in [-0.2, -0.15) is 10.5 Å². The van der Waals surface area contributed by atoms with Crippen molar-refractivity contribution in [3.8, 4) is 12.1 Å². The summed E-state index contributed by atoms with van der Waals surface area (Å²) in [7, 11) is 0. The first-order valence-corrected chi connectivity index (χ1v) is 8.57. The predicted molar refractivity (Wildman–Crippen MR) is 83.3 cm³/mol. The molecule has 0 heterocycles. The Labute approximate surface area is 129 Å². The highest BCUT2D eigenvalue weighted by Crippen LogP contribution is 2.26. The first kappa shape index (κ1) is 16.3. The number of rotatable bonds is 6. The Morgan fingerprint density at radius 2 is 1.05 bits per heavy atom. The van der Waals surface area contributed by atoms with Crippen molar-refractivity contribution in [1.29, 1.82) is 10.5 Å².